The number of hydrogen-bond donors (Lipinski definition) is 1. The average molecular weight is 337 g/mol. The molecule has 6 nitrogen and oxygen atoms in total. The van der Waals surface area contributed by atoms with E-state index in [9.17, 15) is 4.79 Å². The first kappa shape index (κ1) is 16.7. The minimum absolute atomic E-state index is 0.184. The standard InChI is InChI=1S/C19H19N3O3/c1-12-4-6-15(7-5-12)18(23)20-13(2)19-21-17(22-25-19)14-8-10-16(24-3)11-9-14/h4-11,13H,1-3H3,(H,20,23)/t13-/m0/s1. The lowest BCUT2D eigenvalue weighted by molar-refractivity contribution is 0.0932. The van der Waals surface area contributed by atoms with E-state index >= 15 is 0 Å². The molecule has 0 bridgehead atoms. The number of amides is 1. The molecule has 2 aromatic carbocycles. The number of hydrogen-bond acceptors (Lipinski definition) is 5. The number of methoxy groups -OCH3 is 1. The van der Waals surface area contributed by atoms with E-state index in [0.717, 1.165) is 16.9 Å². The Balaban J connectivity index is 1.70. The molecule has 0 spiro atoms. The predicted octanol–water partition coefficient (Wildman–Crippen LogP) is 3.54. The fourth-order valence-corrected chi connectivity index (χ4v) is 2.32. The summed E-state index contributed by atoms with van der Waals surface area (Å²) in [6.45, 7) is 3.78. The number of ether oxygens (including phenoxy) is 1. The fourth-order valence-electron chi connectivity index (χ4n) is 2.32. The molecular weight excluding hydrogens is 318 g/mol. The van der Waals surface area contributed by atoms with Crippen LogP contribution in [0, 0.1) is 6.92 Å². The number of rotatable bonds is 5. The molecule has 0 aliphatic rings. The van der Waals surface area contributed by atoms with Crippen LogP contribution >= 0.6 is 0 Å². The summed E-state index contributed by atoms with van der Waals surface area (Å²) >= 11 is 0. The summed E-state index contributed by atoms with van der Waals surface area (Å²) in [4.78, 5) is 16.6. The van der Waals surface area contributed by atoms with Gasteiger partial charge in [-0.05, 0) is 50.2 Å². The van der Waals surface area contributed by atoms with E-state index in [1.54, 1.807) is 26.2 Å². The molecule has 0 aliphatic heterocycles. The van der Waals surface area contributed by atoms with E-state index in [4.69, 9.17) is 9.26 Å². The number of aromatic nitrogens is 2. The molecule has 0 saturated heterocycles. The highest BCUT2D eigenvalue weighted by molar-refractivity contribution is 5.94. The number of aryl methyl sites for hydroxylation is 1. The Hall–Kier alpha value is -3.15. The van der Waals surface area contributed by atoms with Gasteiger partial charge in [-0.2, -0.15) is 4.98 Å². The minimum atomic E-state index is -0.395. The van der Waals surface area contributed by atoms with Gasteiger partial charge >= 0.3 is 0 Å². The van der Waals surface area contributed by atoms with Gasteiger partial charge in [-0.1, -0.05) is 22.9 Å². The molecular formula is C19H19N3O3. The molecule has 0 aliphatic carbocycles. The third-order valence-electron chi connectivity index (χ3n) is 3.82. The normalized spacial score (nSPS) is 11.8. The molecule has 6 heteroatoms. The van der Waals surface area contributed by atoms with Crippen molar-refractivity contribution in [1.29, 1.82) is 0 Å². The largest absolute Gasteiger partial charge is 0.497 e. The zero-order valence-corrected chi connectivity index (χ0v) is 14.3. The molecule has 0 fully saturated rings. The van der Waals surface area contributed by atoms with Gasteiger partial charge in [0, 0.05) is 11.1 Å². The molecule has 0 saturated carbocycles. The maximum Gasteiger partial charge on any atom is 0.251 e. The second-order valence-corrected chi connectivity index (χ2v) is 5.75. The summed E-state index contributed by atoms with van der Waals surface area (Å²) in [7, 11) is 1.61. The van der Waals surface area contributed by atoms with E-state index in [-0.39, 0.29) is 5.91 Å². The second-order valence-electron chi connectivity index (χ2n) is 5.75. The first-order valence-electron chi connectivity index (χ1n) is 7.92. The zero-order valence-electron chi connectivity index (χ0n) is 14.3. The van der Waals surface area contributed by atoms with Crippen molar-refractivity contribution in [1.82, 2.24) is 15.5 Å². The Bertz CT molecular complexity index is 854. The lowest BCUT2D eigenvalue weighted by atomic mass is 10.1. The van der Waals surface area contributed by atoms with Gasteiger partial charge in [0.1, 0.15) is 11.8 Å². The zero-order chi connectivity index (χ0) is 17.8. The van der Waals surface area contributed by atoms with Crippen molar-refractivity contribution < 1.29 is 14.1 Å². The van der Waals surface area contributed by atoms with Crippen molar-refractivity contribution in [2.24, 2.45) is 0 Å². The molecule has 1 heterocycles. The maximum atomic E-state index is 12.3. The Morgan fingerprint density at radius 2 is 1.80 bits per heavy atom. The molecule has 3 aromatic rings. The van der Waals surface area contributed by atoms with Crippen LogP contribution in [0.1, 0.15) is 34.8 Å². The molecule has 0 unspecified atom stereocenters. The third-order valence-corrected chi connectivity index (χ3v) is 3.82. The molecule has 3 rings (SSSR count). The van der Waals surface area contributed by atoms with Crippen LogP contribution in [0.2, 0.25) is 0 Å². The summed E-state index contributed by atoms with van der Waals surface area (Å²) in [5.74, 6) is 1.39. The van der Waals surface area contributed by atoms with Crippen LogP contribution in [0.25, 0.3) is 11.4 Å². The SMILES string of the molecule is COc1ccc(-c2noc([C@H](C)NC(=O)c3ccc(C)cc3)n2)cc1. The Morgan fingerprint density at radius 1 is 1.12 bits per heavy atom. The van der Waals surface area contributed by atoms with Crippen LogP contribution in [0.15, 0.2) is 53.1 Å². The maximum absolute atomic E-state index is 12.3. The summed E-state index contributed by atoms with van der Waals surface area (Å²) < 4.78 is 10.4. The average Bonchev–Trinajstić information content (AvgIpc) is 3.12. The molecule has 1 atom stereocenters. The highest BCUT2D eigenvalue weighted by Crippen LogP contribution is 2.21. The van der Waals surface area contributed by atoms with E-state index in [0.29, 0.717) is 17.3 Å². The van der Waals surface area contributed by atoms with Crippen molar-refractivity contribution in [2.45, 2.75) is 19.9 Å². The first-order chi connectivity index (χ1) is 12.1. The number of nitrogens with zero attached hydrogens (tertiary/aromatic N) is 2. The van der Waals surface area contributed by atoms with Gasteiger partial charge in [-0.15, -0.1) is 0 Å². The van der Waals surface area contributed by atoms with Gasteiger partial charge in [0.05, 0.1) is 7.11 Å². The number of carbonyl (C=O) groups excluding carboxylic acids is 1. The summed E-state index contributed by atoms with van der Waals surface area (Å²) in [5, 5.41) is 6.84. The molecule has 1 aromatic heterocycles. The number of nitrogens with one attached hydrogen (secondary N) is 1. The molecule has 128 valence electrons. The highest BCUT2D eigenvalue weighted by Gasteiger charge is 2.18. The minimum Gasteiger partial charge on any atom is -0.497 e. The quantitative estimate of drug-likeness (QED) is 0.770. The monoisotopic (exact) mass is 337 g/mol. The number of benzene rings is 2. The van der Waals surface area contributed by atoms with Crippen LogP contribution < -0.4 is 10.1 Å². The molecule has 0 radical (unpaired) electrons. The van der Waals surface area contributed by atoms with E-state index in [1.165, 1.54) is 0 Å². The van der Waals surface area contributed by atoms with Gasteiger partial charge in [0.2, 0.25) is 11.7 Å². The lowest BCUT2D eigenvalue weighted by Crippen LogP contribution is -2.26. The molecule has 1 amide bonds. The van der Waals surface area contributed by atoms with Crippen molar-refractivity contribution in [3.63, 3.8) is 0 Å². The third kappa shape index (κ3) is 3.85. The van der Waals surface area contributed by atoms with E-state index < -0.39 is 6.04 Å². The van der Waals surface area contributed by atoms with Crippen LogP contribution in [-0.2, 0) is 0 Å². The predicted molar refractivity (Wildman–Crippen MR) is 93.3 cm³/mol. The van der Waals surface area contributed by atoms with Crippen molar-refractivity contribution >= 4 is 5.91 Å². The van der Waals surface area contributed by atoms with E-state index in [2.05, 4.69) is 15.5 Å². The fraction of sp³-hybridized carbons (Fsp3) is 0.211. The summed E-state index contributed by atoms with van der Waals surface area (Å²) in [5.41, 5.74) is 2.51. The highest BCUT2D eigenvalue weighted by atomic mass is 16.5. The Morgan fingerprint density at radius 3 is 2.44 bits per heavy atom. The molecule has 25 heavy (non-hydrogen) atoms. The van der Waals surface area contributed by atoms with Gasteiger partial charge in [0.15, 0.2) is 0 Å². The van der Waals surface area contributed by atoms with Gasteiger partial charge in [-0.3, -0.25) is 4.79 Å². The van der Waals surface area contributed by atoms with Gasteiger partial charge in [-0.25, -0.2) is 0 Å². The van der Waals surface area contributed by atoms with E-state index in [1.807, 2.05) is 43.3 Å². The van der Waals surface area contributed by atoms with Crippen molar-refractivity contribution in [3.05, 3.63) is 65.5 Å². The Labute approximate surface area is 145 Å². The second kappa shape index (κ2) is 7.17. The van der Waals surface area contributed by atoms with Gasteiger partial charge in [0.25, 0.3) is 5.91 Å². The van der Waals surface area contributed by atoms with Crippen LogP contribution in [0.5, 0.6) is 5.75 Å². The van der Waals surface area contributed by atoms with Crippen LogP contribution in [0.3, 0.4) is 0 Å². The smallest absolute Gasteiger partial charge is 0.251 e. The first-order valence-corrected chi connectivity index (χ1v) is 7.92. The van der Waals surface area contributed by atoms with Crippen LogP contribution in [-0.4, -0.2) is 23.2 Å². The van der Waals surface area contributed by atoms with Crippen LogP contribution in [0.4, 0.5) is 0 Å². The lowest BCUT2D eigenvalue weighted by Gasteiger charge is -2.09. The van der Waals surface area contributed by atoms with Crippen molar-refractivity contribution in [2.75, 3.05) is 7.11 Å². The Kier molecular flexibility index (Phi) is 4.79. The summed E-state index contributed by atoms with van der Waals surface area (Å²) in [6.07, 6.45) is 0. The summed E-state index contributed by atoms with van der Waals surface area (Å²) in [6, 6.07) is 14.3. The molecule has 1 N–H and O–H groups in total. The topological polar surface area (TPSA) is 77.3 Å². The van der Waals surface area contributed by atoms with Crippen molar-refractivity contribution in [3.8, 4) is 17.1 Å². The van der Waals surface area contributed by atoms with Gasteiger partial charge < -0.3 is 14.6 Å². The number of carbonyl (C=O) groups is 1.